The van der Waals surface area contributed by atoms with E-state index in [1.165, 1.54) is 42.5 Å². The van der Waals surface area contributed by atoms with Crippen LogP contribution in [0.5, 0.6) is 0 Å². The highest BCUT2D eigenvalue weighted by Crippen LogP contribution is 2.29. The fourth-order valence-electron chi connectivity index (χ4n) is 3.07. The molecular formula is C19H18FN3O3S. The van der Waals surface area contributed by atoms with Gasteiger partial charge < -0.3 is 5.32 Å². The van der Waals surface area contributed by atoms with Gasteiger partial charge >= 0.3 is 0 Å². The summed E-state index contributed by atoms with van der Waals surface area (Å²) < 4.78 is 40.6. The molecule has 0 spiro atoms. The number of carbonyl (C=O) groups is 1. The highest BCUT2D eigenvalue weighted by Gasteiger charge is 2.35. The molecule has 1 saturated carbocycles. The number of nitrogens with zero attached hydrogens (tertiary/aromatic N) is 1. The molecule has 0 saturated heterocycles. The number of carbonyl (C=O) groups excluding carboxylic acids is 1. The summed E-state index contributed by atoms with van der Waals surface area (Å²) >= 11 is 0. The molecule has 0 aromatic heterocycles. The zero-order valence-corrected chi connectivity index (χ0v) is 15.2. The minimum Gasteiger partial charge on any atom is -0.334 e. The van der Waals surface area contributed by atoms with Crippen LogP contribution in [0.4, 0.5) is 10.1 Å². The van der Waals surface area contributed by atoms with Gasteiger partial charge in [-0.05, 0) is 62.1 Å². The van der Waals surface area contributed by atoms with Crippen molar-refractivity contribution in [1.82, 2.24) is 5.32 Å². The lowest BCUT2D eigenvalue weighted by atomic mass is 9.99. The van der Waals surface area contributed by atoms with Gasteiger partial charge in [-0.15, -0.1) is 0 Å². The lowest BCUT2D eigenvalue weighted by molar-refractivity contribution is 0.0920. The molecule has 1 aliphatic carbocycles. The van der Waals surface area contributed by atoms with Gasteiger partial charge in [0.15, 0.2) is 0 Å². The fourth-order valence-corrected chi connectivity index (χ4v) is 4.13. The monoisotopic (exact) mass is 387 g/mol. The molecule has 0 heterocycles. The number of rotatable bonds is 5. The van der Waals surface area contributed by atoms with Gasteiger partial charge in [-0.3, -0.25) is 9.52 Å². The summed E-state index contributed by atoms with van der Waals surface area (Å²) in [6.45, 7) is 0. The van der Waals surface area contributed by atoms with Gasteiger partial charge in [0.05, 0.1) is 16.7 Å². The molecule has 27 heavy (non-hydrogen) atoms. The van der Waals surface area contributed by atoms with Crippen LogP contribution in [0.2, 0.25) is 0 Å². The van der Waals surface area contributed by atoms with Crippen LogP contribution in [0.1, 0.15) is 36.0 Å². The zero-order valence-electron chi connectivity index (χ0n) is 14.4. The Balaban J connectivity index is 1.75. The highest BCUT2D eigenvalue weighted by molar-refractivity contribution is 7.92. The summed E-state index contributed by atoms with van der Waals surface area (Å²) in [5, 5.41) is 12.1. The van der Waals surface area contributed by atoms with Crippen LogP contribution in [-0.4, -0.2) is 19.9 Å². The fraction of sp³-hybridized carbons (Fsp3) is 0.263. The van der Waals surface area contributed by atoms with Crippen LogP contribution < -0.4 is 10.0 Å². The Labute approximate surface area is 157 Å². The second kappa shape index (κ2) is 7.37. The van der Waals surface area contributed by atoms with E-state index in [2.05, 4.69) is 16.1 Å². The van der Waals surface area contributed by atoms with Gasteiger partial charge in [-0.1, -0.05) is 12.1 Å². The van der Waals surface area contributed by atoms with Crippen molar-refractivity contribution in [2.45, 2.75) is 36.1 Å². The number of benzene rings is 2. The number of nitriles is 1. The van der Waals surface area contributed by atoms with Gasteiger partial charge in [0, 0.05) is 5.56 Å². The first kappa shape index (κ1) is 18.9. The maximum atomic E-state index is 13.7. The summed E-state index contributed by atoms with van der Waals surface area (Å²) in [7, 11) is -3.99. The molecule has 2 aromatic rings. The van der Waals surface area contributed by atoms with E-state index in [1.54, 1.807) is 0 Å². The van der Waals surface area contributed by atoms with Crippen molar-refractivity contribution in [3.05, 3.63) is 59.9 Å². The molecule has 3 rings (SSSR count). The number of hydrogen-bond acceptors (Lipinski definition) is 4. The van der Waals surface area contributed by atoms with Gasteiger partial charge in [-0.25, -0.2) is 12.8 Å². The maximum absolute atomic E-state index is 13.7. The lowest BCUT2D eigenvalue weighted by Gasteiger charge is -2.22. The topological polar surface area (TPSA) is 99.1 Å². The molecule has 140 valence electrons. The summed E-state index contributed by atoms with van der Waals surface area (Å²) in [5.41, 5.74) is -0.758. The van der Waals surface area contributed by atoms with Crippen molar-refractivity contribution in [2.75, 3.05) is 4.72 Å². The van der Waals surface area contributed by atoms with E-state index < -0.39 is 27.3 Å². The number of para-hydroxylation sites is 1. The molecule has 2 aromatic carbocycles. The van der Waals surface area contributed by atoms with Crippen molar-refractivity contribution < 1.29 is 17.6 Å². The molecule has 0 aliphatic heterocycles. The van der Waals surface area contributed by atoms with E-state index in [-0.39, 0.29) is 16.1 Å². The zero-order chi connectivity index (χ0) is 19.5. The second-order valence-corrected chi connectivity index (χ2v) is 8.15. The third-order valence-electron chi connectivity index (χ3n) is 4.57. The van der Waals surface area contributed by atoms with Crippen LogP contribution in [-0.2, 0) is 10.0 Å². The van der Waals surface area contributed by atoms with Gasteiger partial charge in [0.25, 0.3) is 15.9 Å². The molecular weight excluding hydrogens is 369 g/mol. The Bertz CT molecular complexity index is 992. The largest absolute Gasteiger partial charge is 0.334 e. The number of hydrogen-bond donors (Lipinski definition) is 2. The standard InChI is InChI=1S/C19H18FN3O3S/c20-16-5-1-2-6-17(16)23-27(25,26)15-9-7-14(8-10-15)18(24)22-19(13-21)11-3-4-12-19/h1-2,5-10,23H,3-4,11-12H2,(H,22,24). The Morgan fingerprint density at radius 1 is 1.07 bits per heavy atom. The van der Waals surface area contributed by atoms with Crippen LogP contribution in [0.15, 0.2) is 53.4 Å². The Morgan fingerprint density at radius 2 is 1.70 bits per heavy atom. The predicted octanol–water partition coefficient (Wildman–Crippen LogP) is 3.19. The molecule has 1 aliphatic rings. The number of sulfonamides is 1. The van der Waals surface area contributed by atoms with Crippen LogP contribution >= 0.6 is 0 Å². The lowest BCUT2D eigenvalue weighted by Crippen LogP contribution is -2.45. The SMILES string of the molecule is N#CC1(NC(=O)c2ccc(S(=O)(=O)Nc3ccccc3F)cc2)CCCC1. The first-order valence-corrected chi connectivity index (χ1v) is 9.95. The van der Waals surface area contributed by atoms with Crippen molar-refractivity contribution in [3.63, 3.8) is 0 Å². The van der Waals surface area contributed by atoms with E-state index in [9.17, 15) is 22.9 Å². The van der Waals surface area contributed by atoms with E-state index in [0.717, 1.165) is 18.9 Å². The van der Waals surface area contributed by atoms with Crippen LogP contribution in [0, 0.1) is 17.1 Å². The van der Waals surface area contributed by atoms with Gasteiger partial charge in [0.2, 0.25) is 0 Å². The second-order valence-electron chi connectivity index (χ2n) is 6.46. The summed E-state index contributed by atoms with van der Waals surface area (Å²) in [4.78, 5) is 12.3. The van der Waals surface area contributed by atoms with Gasteiger partial charge in [-0.2, -0.15) is 5.26 Å². The molecule has 0 radical (unpaired) electrons. The molecule has 0 bridgehead atoms. The summed E-state index contributed by atoms with van der Waals surface area (Å²) in [5.74, 6) is -1.11. The van der Waals surface area contributed by atoms with Crippen LogP contribution in [0.25, 0.3) is 0 Å². The summed E-state index contributed by atoms with van der Waals surface area (Å²) in [6, 6.07) is 12.9. The van der Waals surface area contributed by atoms with Crippen molar-refractivity contribution in [2.24, 2.45) is 0 Å². The third-order valence-corrected chi connectivity index (χ3v) is 5.95. The van der Waals surface area contributed by atoms with Crippen molar-refractivity contribution >= 4 is 21.6 Å². The predicted molar refractivity (Wildman–Crippen MR) is 97.9 cm³/mol. The Hall–Kier alpha value is -2.92. The van der Waals surface area contributed by atoms with Crippen molar-refractivity contribution in [3.8, 4) is 6.07 Å². The highest BCUT2D eigenvalue weighted by atomic mass is 32.2. The van der Waals surface area contributed by atoms with Crippen LogP contribution in [0.3, 0.4) is 0 Å². The van der Waals surface area contributed by atoms with Crippen molar-refractivity contribution in [1.29, 1.82) is 5.26 Å². The normalized spacial score (nSPS) is 15.7. The molecule has 0 unspecified atom stereocenters. The Kier molecular flexibility index (Phi) is 5.15. The number of nitrogens with one attached hydrogen (secondary N) is 2. The average Bonchev–Trinajstić information content (AvgIpc) is 3.12. The molecule has 1 amide bonds. The Morgan fingerprint density at radius 3 is 2.30 bits per heavy atom. The number of anilines is 1. The number of halogens is 1. The number of amides is 1. The first-order chi connectivity index (χ1) is 12.9. The van der Waals surface area contributed by atoms with E-state index in [4.69, 9.17) is 0 Å². The molecule has 6 nitrogen and oxygen atoms in total. The van der Waals surface area contributed by atoms with E-state index in [1.807, 2.05) is 0 Å². The average molecular weight is 387 g/mol. The van der Waals surface area contributed by atoms with Gasteiger partial charge in [0.1, 0.15) is 11.4 Å². The molecule has 0 atom stereocenters. The minimum absolute atomic E-state index is 0.0989. The minimum atomic E-state index is -3.99. The molecule has 8 heteroatoms. The van der Waals surface area contributed by atoms with E-state index in [0.29, 0.717) is 12.8 Å². The molecule has 1 fully saturated rings. The third kappa shape index (κ3) is 4.09. The smallest absolute Gasteiger partial charge is 0.261 e. The summed E-state index contributed by atoms with van der Waals surface area (Å²) in [6.07, 6.45) is 2.97. The maximum Gasteiger partial charge on any atom is 0.261 e. The van der Waals surface area contributed by atoms with E-state index >= 15 is 0 Å². The molecule has 2 N–H and O–H groups in total. The quantitative estimate of drug-likeness (QED) is 0.823. The first-order valence-electron chi connectivity index (χ1n) is 8.46.